The van der Waals surface area contributed by atoms with Crippen LogP contribution in [0.2, 0.25) is 5.02 Å². The number of aryl methyl sites for hydroxylation is 1. The zero-order valence-electron chi connectivity index (χ0n) is 22.0. The van der Waals surface area contributed by atoms with Crippen molar-refractivity contribution >= 4 is 39.1 Å². The second-order valence-corrected chi connectivity index (χ2v) is 12.0. The molecule has 0 bridgehead atoms. The van der Waals surface area contributed by atoms with Gasteiger partial charge in [-0.05, 0) is 55.0 Å². The summed E-state index contributed by atoms with van der Waals surface area (Å²) in [6.07, 6.45) is 7.46. The zero-order valence-corrected chi connectivity index (χ0v) is 23.5. The number of carbonyl (C=O) groups is 2. The van der Waals surface area contributed by atoms with E-state index in [1.54, 1.807) is 24.3 Å². The van der Waals surface area contributed by atoms with E-state index in [-0.39, 0.29) is 18.5 Å². The third-order valence-electron chi connectivity index (χ3n) is 6.95. The average Bonchev–Trinajstić information content (AvgIpc) is 2.88. The van der Waals surface area contributed by atoms with Crippen LogP contribution in [0.3, 0.4) is 0 Å². The van der Waals surface area contributed by atoms with Crippen molar-refractivity contribution in [1.29, 1.82) is 0 Å². The van der Waals surface area contributed by atoms with Gasteiger partial charge in [0.2, 0.25) is 21.8 Å². The molecule has 0 spiro atoms. The Morgan fingerprint density at radius 1 is 1.03 bits per heavy atom. The highest BCUT2D eigenvalue weighted by molar-refractivity contribution is 7.92. The van der Waals surface area contributed by atoms with E-state index in [4.69, 9.17) is 11.6 Å². The predicted molar refractivity (Wildman–Crippen MR) is 149 cm³/mol. The van der Waals surface area contributed by atoms with E-state index in [0.717, 1.165) is 48.2 Å². The van der Waals surface area contributed by atoms with E-state index < -0.39 is 28.5 Å². The van der Waals surface area contributed by atoms with Crippen LogP contribution < -0.4 is 9.62 Å². The van der Waals surface area contributed by atoms with E-state index in [1.165, 1.54) is 11.3 Å². The number of nitrogens with zero attached hydrogens (tertiary/aromatic N) is 2. The number of amides is 2. The van der Waals surface area contributed by atoms with Crippen molar-refractivity contribution in [2.24, 2.45) is 0 Å². The first-order valence-corrected chi connectivity index (χ1v) is 15.3. The van der Waals surface area contributed by atoms with Gasteiger partial charge in [0.25, 0.3) is 0 Å². The van der Waals surface area contributed by atoms with E-state index in [0.29, 0.717) is 22.7 Å². The van der Waals surface area contributed by atoms with Gasteiger partial charge in [-0.15, -0.1) is 0 Å². The Morgan fingerprint density at radius 3 is 2.24 bits per heavy atom. The van der Waals surface area contributed by atoms with Crippen molar-refractivity contribution < 1.29 is 18.0 Å². The molecular weight excluding hydrogens is 510 g/mol. The first-order valence-electron chi connectivity index (χ1n) is 13.0. The molecule has 2 aromatic carbocycles. The fourth-order valence-corrected chi connectivity index (χ4v) is 5.83. The largest absolute Gasteiger partial charge is 0.352 e. The Bertz CT molecular complexity index is 1160. The van der Waals surface area contributed by atoms with Crippen molar-refractivity contribution in [3.05, 3.63) is 64.7 Å². The Balaban J connectivity index is 1.91. The Labute approximate surface area is 226 Å². The average molecular weight is 548 g/mol. The van der Waals surface area contributed by atoms with Crippen LogP contribution in [0.15, 0.2) is 48.5 Å². The summed E-state index contributed by atoms with van der Waals surface area (Å²) in [6, 6.07) is 13.6. The van der Waals surface area contributed by atoms with Gasteiger partial charge in [-0.25, -0.2) is 8.42 Å². The first kappa shape index (κ1) is 29.0. The molecular formula is C28H38ClN3O4S. The Hall–Kier alpha value is -2.58. The highest BCUT2D eigenvalue weighted by atomic mass is 35.5. The summed E-state index contributed by atoms with van der Waals surface area (Å²) in [4.78, 5) is 28.7. The first-order chi connectivity index (χ1) is 17.6. The SMILES string of the molecule is CCc1ccc(N(CC(=O)N(Cc2ccccc2Cl)[C@H](CC)C(=O)NC2CCCCC2)S(C)(=O)=O)cc1. The fourth-order valence-electron chi connectivity index (χ4n) is 4.79. The molecule has 1 saturated carbocycles. The van der Waals surface area contributed by atoms with Gasteiger partial charge in [-0.1, -0.05) is 75.0 Å². The summed E-state index contributed by atoms with van der Waals surface area (Å²) in [5.74, 6) is -0.677. The minimum absolute atomic E-state index is 0.0946. The number of carbonyl (C=O) groups excluding carboxylic acids is 2. The molecule has 1 aliphatic rings. The van der Waals surface area contributed by atoms with Crippen molar-refractivity contribution in [2.75, 3.05) is 17.1 Å². The van der Waals surface area contributed by atoms with Crippen molar-refractivity contribution in [3.63, 3.8) is 0 Å². The molecule has 1 aliphatic carbocycles. The lowest BCUT2D eigenvalue weighted by atomic mass is 9.95. The highest BCUT2D eigenvalue weighted by Gasteiger charge is 2.33. The van der Waals surface area contributed by atoms with E-state index in [1.807, 2.05) is 38.1 Å². The second kappa shape index (κ2) is 13.3. The molecule has 0 aromatic heterocycles. The summed E-state index contributed by atoms with van der Waals surface area (Å²) < 4.78 is 26.6. The Kier molecular flexibility index (Phi) is 10.4. The monoisotopic (exact) mass is 547 g/mol. The number of anilines is 1. The molecule has 0 saturated heterocycles. The maximum absolute atomic E-state index is 13.8. The van der Waals surface area contributed by atoms with Gasteiger partial charge in [-0.2, -0.15) is 0 Å². The van der Waals surface area contributed by atoms with Gasteiger partial charge >= 0.3 is 0 Å². The van der Waals surface area contributed by atoms with Gasteiger partial charge in [0.1, 0.15) is 12.6 Å². The third kappa shape index (κ3) is 7.95. The van der Waals surface area contributed by atoms with Gasteiger partial charge in [0, 0.05) is 17.6 Å². The van der Waals surface area contributed by atoms with Crippen LogP contribution in [0.5, 0.6) is 0 Å². The number of rotatable bonds is 11. The number of hydrogen-bond donors (Lipinski definition) is 1. The second-order valence-electron chi connectivity index (χ2n) is 9.67. The van der Waals surface area contributed by atoms with Crippen LogP contribution in [0.1, 0.15) is 63.5 Å². The lowest BCUT2D eigenvalue weighted by Crippen LogP contribution is -2.54. The number of nitrogens with one attached hydrogen (secondary N) is 1. The minimum atomic E-state index is -3.76. The minimum Gasteiger partial charge on any atom is -0.352 e. The highest BCUT2D eigenvalue weighted by Crippen LogP contribution is 2.23. The maximum atomic E-state index is 13.8. The summed E-state index contributed by atoms with van der Waals surface area (Å²) in [7, 11) is -3.76. The lowest BCUT2D eigenvalue weighted by molar-refractivity contribution is -0.140. The summed E-state index contributed by atoms with van der Waals surface area (Å²) >= 11 is 6.41. The van der Waals surface area contributed by atoms with Crippen LogP contribution in [0, 0.1) is 0 Å². The fraction of sp³-hybridized carbons (Fsp3) is 0.500. The van der Waals surface area contributed by atoms with Crippen molar-refractivity contribution in [3.8, 4) is 0 Å². The molecule has 37 heavy (non-hydrogen) atoms. The predicted octanol–water partition coefficient (Wildman–Crippen LogP) is 4.92. The van der Waals surface area contributed by atoms with Crippen molar-refractivity contribution in [1.82, 2.24) is 10.2 Å². The summed E-state index contributed by atoms with van der Waals surface area (Å²) in [5.41, 5.74) is 2.17. The van der Waals surface area contributed by atoms with E-state index in [2.05, 4.69) is 5.32 Å². The van der Waals surface area contributed by atoms with Gasteiger partial charge in [0.15, 0.2) is 0 Å². The zero-order chi connectivity index (χ0) is 27.0. The molecule has 0 aliphatic heterocycles. The molecule has 202 valence electrons. The topological polar surface area (TPSA) is 86.8 Å². The number of sulfonamides is 1. The van der Waals surface area contributed by atoms with Crippen LogP contribution in [-0.4, -0.2) is 50.0 Å². The van der Waals surface area contributed by atoms with Crippen LogP contribution in [-0.2, 0) is 32.6 Å². The normalized spacial score (nSPS) is 15.1. The molecule has 2 amide bonds. The lowest BCUT2D eigenvalue weighted by Gasteiger charge is -2.34. The van der Waals surface area contributed by atoms with Gasteiger partial charge in [-0.3, -0.25) is 13.9 Å². The maximum Gasteiger partial charge on any atom is 0.244 e. The molecule has 0 unspecified atom stereocenters. The summed E-state index contributed by atoms with van der Waals surface area (Å²) in [6.45, 7) is 3.56. The smallest absolute Gasteiger partial charge is 0.244 e. The molecule has 0 heterocycles. The van der Waals surface area contributed by atoms with E-state index >= 15 is 0 Å². The molecule has 2 aromatic rings. The van der Waals surface area contributed by atoms with E-state index in [9.17, 15) is 18.0 Å². The van der Waals surface area contributed by atoms with Crippen molar-refractivity contribution in [2.45, 2.75) is 77.4 Å². The molecule has 1 N–H and O–H groups in total. The Morgan fingerprint density at radius 2 is 1.68 bits per heavy atom. The number of benzene rings is 2. The standard InChI is InChI=1S/C28H38ClN3O4S/c1-4-21-15-17-24(18-16-21)32(37(3,35)36)20-27(33)31(19-22-11-9-10-14-25(22)29)26(5-2)28(34)30-23-12-7-6-8-13-23/h9-11,14-18,23,26H,4-8,12-13,19-20H2,1-3H3,(H,30,34)/t26-/m1/s1. The molecule has 9 heteroatoms. The van der Waals surface area contributed by atoms with Crippen LogP contribution in [0.25, 0.3) is 0 Å². The molecule has 1 fully saturated rings. The third-order valence-corrected chi connectivity index (χ3v) is 8.46. The summed E-state index contributed by atoms with van der Waals surface area (Å²) in [5, 5.41) is 3.62. The molecule has 1 atom stereocenters. The molecule has 3 rings (SSSR count). The van der Waals surface area contributed by atoms with Crippen LogP contribution in [0.4, 0.5) is 5.69 Å². The molecule has 7 nitrogen and oxygen atoms in total. The quantitative estimate of drug-likeness (QED) is 0.432. The van der Waals surface area contributed by atoms with Crippen LogP contribution >= 0.6 is 11.6 Å². The van der Waals surface area contributed by atoms with Gasteiger partial charge in [0.05, 0.1) is 11.9 Å². The number of hydrogen-bond acceptors (Lipinski definition) is 4. The number of halogens is 1. The molecule has 0 radical (unpaired) electrons. The van der Waals surface area contributed by atoms with Gasteiger partial charge < -0.3 is 10.2 Å².